The predicted octanol–water partition coefficient (Wildman–Crippen LogP) is 6.12. The molecule has 0 amide bonds. The standard InChI is InChI=1S/C18H36O3/c1-2-3-4-5-6-7-8-9-10-11-12-13-14-15-16-18-19-17-20-21-18/h18H,2-17H2,1H3. The smallest absolute Gasteiger partial charge is 0.194 e. The highest BCUT2D eigenvalue weighted by atomic mass is 17.3. The van der Waals surface area contributed by atoms with Crippen molar-refractivity contribution in [1.29, 1.82) is 0 Å². The van der Waals surface area contributed by atoms with Crippen LogP contribution in [-0.4, -0.2) is 13.1 Å². The molecule has 0 aliphatic carbocycles. The van der Waals surface area contributed by atoms with Gasteiger partial charge >= 0.3 is 0 Å². The van der Waals surface area contributed by atoms with Crippen molar-refractivity contribution in [3.8, 4) is 0 Å². The van der Waals surface area contributed by atoms with Gasteiger partial charge in [-0.2, -0.15) is 0 Å². The molecule has 1 unspecified atom stereocenters. The van der Waals surface area contributed by atoms with E-state index in [1.807, 2.05) is 0 Å². The Labute approximate surface area is 131 Å². The summed E-state index contributed by atoms with van der Waals surface area (Å²) in [6.07, 6.45) is 20.4. The topological polar surface area (TPSA) is 27.7 Å². The summed E-state index contributed by atoms with van der Waals surface area (Å²) in [7, 11) is 0. The fourth-order valence-electron chi connectivity index (χ4n) is 2.87. The molecule has 1 aliphatic heterocycles. The van der Waals surface area contributed by atoms with Crippen LogP contribution in [0.3, 0.4) is 0 Å². The lowest BCUT2D eigenvalue weighted by molar-refractivity contribution is -0.278. The molecule has 126 valence electrons. The summed E-state index contributed by atoms with van der Waals surface area (Å²) < 4.78 is 5.22. The van der Waals surface area contributed by atoms with Crippen LogP contribution in [0.1, 0.15) is 103 Å². The fourth-order valence-corrected chi connectivity index (χ4v) is 2.87. The van der Waals surface area contributed by atoms with Crippen molar-refractivity contribution in [1.82, 2.24) is 0 Å². The molecule has 1 heterocycles. The van der Waals surface area contributed by atoms with Crippen molar-refractivity contribution in [3.05, 3.63) is 0 Å². The minimum atomic E-state index is -0.109. The van der Waals surface area contributed by atoms with Crippen LogP contribution >= 0.6 is 0 Å². The quantitative estimate of drug-likeness (QED) is 0.269. The first-order valence-electron chi connectivity index (χ1n) is 9.33. The van der Waals surface area contributed by atoms with Crippen LogP contribution in [0, 0.1) is 0 Å². The van der Waals surface area contributed by atoms with Crippen LogP contribution in [0.4, 0.5) is 0 Å². The van der Waals surface area contributed by atoms with Gasteiger partial charge in [-0.3, -0.25) is 0 Å². The Balaban J connectivity index is 1.65. The number of ether oxygens (including phenoxy) is 1. The van der Waals surface area contributed by atoms with E-state index in [0.717, 1.165) is 6.42 Å². The van der Waals surface area contributed by atoms with Crippen molar-refractivity contribution in [2.24, 2.45) is 0 Å². The summed E-state index contributed by atoms with van der Waals surface area (Å²) in [5.41, 5.74) is 0. The Kier molecular flexibility index (Phi) is 13.3. The molecule has 0 N–H and O–H groups in total. The summed E-state index contributed by atoms with van der Waals surface area (Å²) in [5.74, 6) is 0. The molecule has 0 saturated carbocycles. The van der Waals surface area contributed by atoms with E-state index in [1.54, 1.807) is 0 Å². The molecule has 0 bridgehead atoms. The Morgan fingerprint density at radius 1 is 0.667 bits per heavy atom. The lowest BCUT2D eigenvalue weighted by Gasteiger charge is -2.05. The van der Waals surface area contributed by atoms with Gasteiger partial charge in [-0.25, -0.2) is 9.78 Å². The van der Waals surface area contributed by atoms with Crippen LogP contribution in [0.15, 0.2) is 0 Å². The Bertz CT molecular complexity index is 203. The predicted molar refractivity (Wildman–Crippen MR) is 86.8 cm³/mol. The second kappa shape index (κ2) is 14.8. The van der Waals surface area contributed by atoms with Crippen LogP contribution in [0.25, 0.3) is 0 Å². The highest BCUT2D eigenvalue weighted by Crippen LogP contribution is 2.16. The maximum atomic E-state index is 5.22. The van der Waals surface area contributed by atoms with Gasteiger partial charge in [-0.15, -0.1) is 0 Å². The van der Waals surface area contributed by atoms with Crippen LogP contribution in [0.5, 0.6) is 0 Å². The van der Waals surface area contributed by atoms with Crippen molar-refractivity contribution in [2.75, 3.05) is 6.79 Å². The van der Waals surface area contributed by atoms with E-state index in [9.17, 15) is 0 Å². The average molecular weight is 300 g/mol. The van der Waals surface area contributed by atoms with Crippen LogP contribution < -0.4 is 0 Å². The first-order chi connectivity index (χ1) is 10.4. The zero-order chi connectivity index (χ0) is 15.0. The highest BCUT2D eigenvalue weighted by Gasteiger charge is 2.16. The van der Waals surface area contributed by atoms with E-state index >= 15 is 0 Å². The lowest BCUT2D eigenvalue weighted by Crippen LogP contribution is -2.06. The molecule has 0 aromatic heterocycles. The van der Waals surface area contributed by atoms with Gasteiger partial charge in [-0.05, 0) is 6.42 Å². The molecule has 1 rings (SSSR count). The molecule has 0 aromatic rings. The van der Waals surface area contributed by atoms with Gasteiger partial charge in [-0.1, -0.05) is 90.4 Å². The first kappa shape index (κ1) is 18.9. The van der Waals surface area contributed by atoms with E-state index in [1.165, 1.54) is 89.9 Å². The maximum absolute atomic E-state index is 5.22. The summed E-state index contributed by atoms with van der Waals surface area (Å²) >= 11 is 0. The monoisotopic (exact) mass is 300 g/mol. The summed E-state index contributed by atoms with van der Waals surface area (Å²) in [4.78, 5) is 9.65. The molecule has 0 radical (unpaired) electrons. The molecule has 3 heteroatoms. The van der Waals surface area contributed by atoms with E-state index in [0.29, 0.717) is 6.79 Å². The number of hydrogen-bond acceptors (Lipinski definition) is 3. The second-order valence-corrected chi connectivity index (χ2v) is 6.31. The molecular weight excluding hydrogens is 264 g/mol. The number of hydrogen-bond donors (Lipinski definition) is 0. The first-order valence-corrected chi connectivity index (χ1v) is 9.33. The molecule has 1 atom stereocenters. The molecule has 21 heavy (non-hydrogen) atoms. The number of unbranched alkanes of at least 4 members (excludes halogenated alkanes) is 13. The third-order valence-electron chi connectivity index (χ3n) is 4.27. The fraction of sp³-hybridized carbons (Fsp3) is 1.00. The molecule has 0 spiro atoms. The third-order valence-corrected chi connectivity index (χ3v) is 4.27. The molecule has 1 fully saturated rings. The molecule has 1 aliphatic rings. The van der Waals surface area contributed by atoms with Gasteiger partial charge in [0.15, 0.2) is 13.1 Å². The van der Waals surface area contributed by atoms with Gasteiger partial charge in [0.1, 0.15) is 0 Å². The van der Waals surface area contributed by atoms with Crippen molar-refractivity contribution < 1.29 is 14.5 Å². The Hall–Kier alpha value is -0.120. The van der Waals surface area contributed by atoms with E-state index in [4.69, 9.17) is 14.5 Å². The van der Waals surface area contributed by atoms with Gasteiger partial charge < -0.3 is 4.74 Å². The molecular formula is C18H36O3. The van der Waals surface area contributed by atoms with E-state index in [2.05, 4.69) is 6.92 Å². The normalized spacial score (nSPS) is 18.4. The second-order valence-electron chi connectivity index (χ2n) is 6.31. The van der Waals surface area contributed by atoms with Crippen molar-refractivity contribution in [2.45, 2.75) is 110 Å². The summed E-state index contributed by atoms with van der Waals surface area (Å²) in [5, 5.41) is 0. The average Bonchev–Trinajstić information content (AvgIpc) is 3.01. The van der Waals surface area contributed by atoms with Gasteiger partial charge in [0.25, 0.3) is 0 Å². The minimum absolute atomic E-state index is 0.109. The zero-order valence-corrected chi connectivity index (χ0v) is 14.1. The van der Waals surface area contributed by atoms with Crippen molar-refractivity contribution >= 4 is 0 Å². The highest BCUT2D eigenvalue weighted by molar-refractivity contribution is 4.51. The Morgan fingerprint density at radius 3 is 1.57 bits per heavy atom. The van der Waals surface area contributed by atoms with Gasteiger partial charge in [0, 0.05) is 6.42 Å². The van der Waals surface area contributed by atoms with E-state index in [-0.39, 0.29) is 6.29 Å². The van der Waals surface area contributed by atoms with Gasteiger partial charge in [0.2, 0.25) is 0 Å². The molecule has 3 nitrogen and oxygen atoms in total. The summed E-state index contributed by atoms with van der Waals surface area (Å²) in [6.45, 7) is 2.58. The van der Waals surface area contributed by atoms with Crippen molar-refractivity contribution in [3.63, 3.8) is 0 Å². The van der Waals surface area contributed by atoms with Crippen LogP contribution in [-0.2, 0) is 14.5 Å². The lowest BCUT2D eigenvalue weighted by atomic mass is 10.0. The largest absolute Gasteiger partial charge is 0.320 e. The van der Waals surface area contributed by atoms with Crippen LogP contribution in [0.2, 0.25) is 0 Å². The Morgan fingerprint density at radius 2 is 1.14 bits per heavy atom. The molecule has 0 aromatic carbocycles. The third kappa shape index (κ3) is 12.1. The zero-order valence-electron chi connectivity index (χ0n) is 14.1. The van der Waals surface area contributed by atoms with E-state index < -0.39 is 0 Å². The number of rotatable bonds is 15. The molecule has 1 saturated heterocycles. The van der Waals surface area contributed by atoms with Gasteiger partial charge in [0.05, 0.1) is 0 Å². The summed E-state index contributed by atoms with van der Waals surface area (Å²) in [6, 6.07) is 0. The minimum Gasteiger partial charge on any atom is -0.320 e. The SMILES string of the molecule is CCCCCCCCCCCCCCCCC1OCOO1. The maximum Gasteiger partial charge on any atom is 0.194 e.